The van der Waals surface area contributed by atoms with Crippen molar-refractivity contribution in [2.45, 2.75) is 4.90 Å². The van der Waals surface area contributed by atoms with Gasteiger partial charge in [-0.1, -0.05) is 12.1 Å². The maximum Gasteiger partial charge on any atom is 0.194 e. The standard InChI is InChI=1S/C10H11N3S2/c1-11-10(14)13-9-6-15-8-5-3-2-4-7(8)12-9/h2-5H,6H2,1H3,(H2,11,12,13,14). The quantitative estimate of drug-likeness (QED) is 0.678. The molecule has 0 bridgehead atoms. The minimum atomic E-state index is 0.512. The molecule has 0 atom stereocenters. The first-order valence-corrected chi connectivity index (χ1v) is 5.97. The van der Waals surface area contributed by atoms with Crippen molar-refractivity contribution in [3.63, 3.8) is 0 Å². The number of aliphatic imine (C=N–C) groups is 1. The first-order chi connectivity index (χ1) is 7.29. The number of nitrogens with one attached hydrogen (secondary N) is 2. The molecule has 0 unspecified atom stereocenters. The molecule has 0 radical (unpaired) electrons. The van der Waals surface area contributed by atoms with Crippen LogP contribution in [0.5, 0.6) is 0 Å². The second-order valence-electron chi connectivity index (χ2n) is 3.02. The van der Waals surface area contributed by atoms with Gasteiger partial charge < -0.3 is 10.6 Å². The minimum absolute atomic E-state index is 0.512. The number of para-hydroxylation sites is 1. The number of rotatable bonds is 0. The van der Waals surface area contributed by atoms with E-state index in [4.69, 9.17) is 12.2 Å². The van der Waals surface area contributed by atoms with E-state index < -0.39 is 0 Å². The van der Waals surface area contributed by atoms with Gasteiger partial charge in [-0.25, -0.2) is 4.99 Å². The molecule has 2 N–H and O–H groups in total. The molecule has 0 amide bonds. The summed E-state index contributed by atoms with van der Waals surface area (Å²) in [5.41, 5.74) is 1.10. The summed E-state index contributed by atoms with van der Waals surface area (Å²) in [5.74, 6) is 1.73. The van der Waals surface area contributed by atoms with Crippen molar-refractivity contribution in [3.05, 3.63) is 24.3 Å². The second kappa shape index (κ2) is 4.63. The fourth-order valence-corrected chi connectivity index (χ4v) is 2.26. The Morgan fingerprint density at radius 1 is 1.53 bits per heavy atom. The zero-order valence-electron chi connectivity index (χ0n) is 8.28. The molecule has 1 heterocycles. The second-order valence-corrected chi connectivity index (χ2v) is 4.43. The number of amidine groups is 1. The summed E-state index contributed by atoms with van der Waals surface area (Å²) >= 11 is 6.76. The van der Waals surface area contributed by atoms with Crippen LogP contribution in [0.25, 0.3) is 0 Å². The van der Waals surface area contributed by atoms with Gasteiger partial charge in [0.25, 0.3) is 0 Å². The van der Waals surface area contributed by atoms with Crippen LogP contribution in [0.2, 0.25) is 0 Å². The molecule has 0 aliphatic carbocycles. The van der Waals surface area contributed by atoms with Crippen LogP contribution in [0.15, 0.2) is 34.2 Å². The number of thioether (sulfide) groups is 1. The Kier molecular flexibility index (Phi) is 3.23. The topological polar surface area (TPSA) is 36.4 Å². The highest BCUT2D eigenvalue weighted by molar-refractivity contribution is 8.00. The lowest BCUT2D eigenvalue weighted by atomic mass is 10.3. The van der Waals surface area contributed by atoms with Crippen LogP contribution in [0, 0.1) is 0 Å². The summed E-state index contributed by atoms with van der Waals surface area (Å²) in [6.07, 6.45) is 0. The van der Waals surface area contributed by atoms with Gasteiger partial charge in [-0.3, -0.25) is 0 Å². The third-order valence-electron chi connectivity index (χ3n) is 1.98. The molecule has 1 aromatic rings. The van der Waals surface area contributed by atoms with Crippen LogP contribution >= 0.6 is 24.0 Å². The smallest absolute Gasteiger partial charge is 0.194 e. The Hall–Kier alpha value is -1.07. The molecular weight excluding hydrogens is 226 g/mol. The van der Waals surface area contributed by atoms with E-state index in [2.05, 4.69) is 21.7 Å². The summed E-state index contributed by atoms with van der Waals surface area (Å²) in [7, 11) is 1.77. The number of nitrogens with zero attached hydrogens (tertiary/aromatic N) is 1. The number of benzene rings is 1. The molecule has 78 valence electrons. The van der Waals surface area contributed by atoms with E-state index in [1.165, 1.54) is 4.90 Å². The van der Waals surface area contributed by atoms with Crippen molar-refractivity contribution in [2.24, 2.45) is 4.99 Å². The van der Waals surface area contributed by atoms with Crippen LogP contribution in [0.3, 0.4) is 0 Å². The lowest BCUT2D eigenvalue weighted by Crippen LogP contribution is -2.23. The molecule has 5 heteroatoms. The minimum Gasteiger partial charge on any atom is -0.364 e. The maximum absolute atomic E-state index is 4.99. The Bertz CT molecular complexity index is 415. The van der Waals surface area contributed by atoms with Gasteiger partial charge in [-0.05, 0) is 24.4 Å². The van der Waals surface area contributed by atoms with Gasteiger partial charge in [0.2, 0.25) is 0 Å². The lowest BCUT2D eigenvalue weighted by molar-refractivity contribution is 1.18. The van der Waals surface area contributed by atoms with E-state index in [-0.39, 0.29) is 0 Å². The van der Waals surface area contributed by atoms with Crippen molar-refractivity contribution in [1.82, 2.24) is 5.32 Å². The summed E-state index contributed by atoms with van der Waals surface area (Å²) in [4.78, 5) is 5.51. The van der Waals surface area contributed by atoms with E-state index in [0.29, 0.717) is 5.11 Å². The Morgan fingerprint density at radius 3 is 3.13 bits per heavy atom. The van der Waals surface area contributed by atoms with Gasteiger partial charge in [-0.15, -0.1) is 11.8 Å². The SMILES string of the molecule is CNC(=S)N=C1CSc2ccccc2N1. The summed E-state index contributed by atoms with van der Waals surface area (Å²) in [6, 6.07) is 8.18. The lowest BCUT2D eigenvalue weighted by Gasteiger charge is -2.18. The monoisotopic (exact) mass is 237 g/mol. The number of fused-ring (bicyclic) bond motifs is 1. The molecule has 0 fully saturated rings. The summed E-state index contributed by atoms with van der Waals surface area (Å²) in [5, 5.41) is 6.61. The van der Waals surface area contributed by atoms with Crippen molar-refractivity contribution < 1.29 is 0 Å². The van der Waals surface area contributed by atoms with Gasteiger partial charge in [0.05, 0.1) is 11.4 Å². The fourth-order valence-electron chi connectivity index (χ4n) is 1.27. The number of hydrogen-bond acceptors (Lipinski definition) is 2. The summed E-state index contributed by atoms with van der Waals surface area (Å²) < 4.78 is 0. The van der Waals surface area contributed by atoms with Crippen LogP contribution in [0.4, 0.5) is 5.69 Å². The largest absolute Gasteiger partial charge is 0.364 e. The van der Waals surface area contributed by atoms with E-state index >= 15 is 0 Å². The number of thiocarbonyl (C=S) groups is 1. The van der Waals surface area contributed by atoms with E-state index in [1.54, 1.807) is 18.8 Å². The molecule has 0 saturated heterocycles. The van der Waals surface area contributed by atoms with Crippen LogP contribution in [-0.2, 0) is 0 Å². The Balaban J connectivity index is 2.19. The molecule has 2 rings (SSSR count). The average molecular weight is 237 g/mol. The third-order valence-corrected chi connectivity index (χ3v) is 3.36. The van der Waals surface area contributed by atoms with Crippen molar-refractivity contribution in [3.8, 4) is 0 Å². The predicted molar refractivity (Wildman–Crippen MR) is 69.9 cm³/mol. The van der Waals surface area contributed by atoms with E-state index in [1.807, 2.05) is 18.2 Å². The van der Waals surface area contributed by atoms with Gasteiger partial charge in [0.1, 0.15) is 5.84 Å². The van der Waals surface area contributed by atoms with Crippen LogP contribution < -0.4 is 10.6 Å². The molecule has 1 aliphatic rings. The number of anilines is 1. The van der Waals surface area contributed by atoms with Crippen LogP contribution in [0.1, 0.15) is 0 Å². The predicted octanol–water partition coefficient (Wildman–Crippen LogP) is 2.11. The first kappa shape index (κ1) is 10.4. The molecular formula is C10H11N3S2. The molecule has 1 aliphatic heterocycles. The molecule has 15 heavy (non-hydrogen) atoms. The van der Waals surface area contributed by atoms with Gasteiger partial charge in [0.15, 0.2) is 5.11 Å². The Labute approximate surface area is 98.4 Å². The van der Waals surface area contributed by atoms with Crippen molar-refractivity contribution >= 4 is 40.6 Å². The number of hydrogen-bond donors (Lipinski definition) is 2. The molecule has 0 aromatic heterocycles. The third kappa shape index (κ3) is 2.49. The first-order valence-electron chi connectivity index (χ1n) is 4.58. The highest BCUT2D eigenvalue weighted by Gasteiger charge is 2.13. The average Bonchev–Trinajstić information content (AvgIpc) is 2.29. The van der Waals surface area contributed by atoms with Gasteiger partial charge in [-0.2, -0.15) is 0 Å². The van der Waals surface area contributed by atoms with E-state index in [0.717, 1.165) is 17.3 Å². The van der Waals surface area contributed by atoms with E-state index in [9.17, 15) is 0 Å². The normalized spacial score (nSPS) is 16.7. The molecule has 0 spiro atoms. The molecule has 0 saturated carbocycles. The van der Waals surface area contributed by atoms with Crippen LogP contribution in [-0.4, -0.2) is 23.7 Å². The molecule has 1 aromatic carbocycles. The van der Waals surface area contributed by atoms with Crippen molar-refractivity contribution in [2.75, 3.05) is 18.1 Å². The zero-order valence-corrected chi connectivity index (χ0v) is 9.91. The Morgan fingerprint density at radius 2 is 2.33 bits per heavy atom. The van der Waals surface area contributed by atoms with Gasteiger partial charge >= 0.3 is 0 Å². The fraction of sp³-hybridized carbons (Fsp3) is 0.200. The maximum atomic E-state index is 4.99. The summed E-state index contributed by atoms with van der Waals surface area (Å²) in [6.45, 7) is 0. The highest BCUT2D eigenvalue weighted by atomic mass is 32.2. The zero-order chi connectivity index (χ0) is 10.7. The molecule has 3 nitrogen and oxygen atoms in total. The van der Waals surface area contributed by atoms with Crippen molar-refractivity contribution in [1.29, 1.82) is 0 Å². The highest BCUT2D eigenvalue weighted by Crippen LogP contribution is 2.30. The van der Waals surface area contributed by atoms with Gasteiger partial charge in [0, 0.05) is 11.9 Å².